The van der Waals surface area contributed by atoms with Crippen molar-refractivity contribution in [3.63, 3.8) is 0 Å². The molecule has 180 valence electrons. The fraction of sp³-hybridized carbons (Fsp3) is 0.391. The molecule has 1 aliphatic heterocycles. The molecule has 0 bridgehead atoms. The topological polar surface area (TPSA) is 124 Å². The van der Waals surface area contributed by atoms with Crippen LogP contribution in [0.25, 0.3) is 0 Å². The zero-order valence-corrected chi connectivity index (χ0v) is 19.5. The van der Waals surface area contributed by atoms with Gasteiger partial charge in [0.15, 0.2) is 5.82 Å². The van der Waals surface area contributed by atoms with Crippen molar-refractivity contribution in [3.8, 4) is 0 Å². The van der Waals surface area contributed by atoms with Crippen LogP contribution in [0.5, 0.6) is 0 Å². The van der Waals surface area contributed by atoms with Crippen LogP contribution in [-0.2, 0) is 23.1 Å². The third-order valence-corrected chi connectivity index (χ3v) is 5.74. The number of aromatic nitrogens is 4. The van der Waals surface area contributed by atoms with Crippen LogP contribution < -0.4 is 16.0 Å². The Hall–Kier alpha value is -3.70. The average molecular weight is 467 g/mol. The monoisotopic (exact) mass is 466 g/mol. The number of esters is 1. The summed E-state index contributed by atoms with van der Waals surface area (Å²) >= 11 is 0. The molecule has 1 saturated heterocycles. The Balaban J connectivity index is 1.35. The van der Waals surface area contributed by atoms with Gasteiger partial charge in [0.1, 0.15) is 6.61 Å². The van der Waals surface area contributed by atoms with Gasteiger partial charge in [-0.05, 0) is 46.8 Å². The number of rotatable bonds is 9. The highest BCUT2D eigenvalue weighted by Crippen LogP contribution is 2.27. The molecule has 11 nitrogen and oxygen atoms in total. The molecular weight excluding hydrogens is 436 g/mol. The molecule has 0 saturated carbocycles. The first kappa shape index (κ1) is 23.5. The van der Waals surface area contributed by atoms with Crippen molar-refractivity contribution in [1.82, 2.24) is 25.1 Å². The lowest BCUT2D eigenvalue weighted by Gasteiger charge is -2.35. The van der Waals surface area contributed by atoms with Crippen molar-refractivity contribution < 1.29 is 14.3 Å². The van der Waals surface area contributed by atoms with Crippen molar-refractivity contribution in [2.45, 2.75) is 6.54 Å². The fourth-order valence-corrected chi connectivity index (χ4v) is 3.79. The predicted molar refractivity (Wildman–Crippen MR) is 129 cm³/mol. The number of nitrogens with zero attached hydrogens (tertiary/aromatic N) is 6. The van der Waals surface area contributed by atoms with Gasteiger partial charge in [0.25, 0.3) is 0 Å². The van der Waals surface area contributed by atoms with Crippen LogP contribution in [0.4, 0.5) is 22.7 Å². The first-order valence-electron chi connectivity index (χ1n) is 11.1. The van der Waals surface area contributed by atoms with Gasteiger partial charge in [-0.3, -0.25) is 4.90 Å². The number of benzene rings is 2. The Bertz CT molecular complexity index is 1110. The molecule has 34 heavy (non-hydrogen) atoms. The first-order valence-corrected chi connectivity index (χ1v) is 11.1. The van der Waals surface area contributed by atoms with E-state index in [9.17, 15) is 4.79 Å². The SMILES string of the molecule is COCCOC(=O)c1ccc(Nc2cccc(N3CCN(Cc4nnnn4C)CC3)c2)c(N)c1. The Morgan fingerprint density at radius 1 is 1.12 bits per heavy atom. The van der Waals surface area contributed by atoms with E-state index in [-0.39, 0.29) is 6.61 Å². The third-order valence-electron chi connectivity index (χ3n) is 5.74. The van der Waals surface area contributed by atoms with Crippen LogP contribution in [0, 0.1) is 0 Å². The zero-order chi connectivity index (χ0) is 23.9. The minimum atomic E-state index is -0.424. The van der Waals surface area contributed by atoms with Crippen LogP contribution in [0.2, 0.25) is 0 Å². The lowest BCUT2D eigenvalue weighted by atomic mass is 10.1. The number of nitrogens with one attached hydrogen (secondary N) is 1. The molecule has 3 N–H and O–H groups in total. The van der Waals surface area contributed by atoms with Gasteiger partial charge in [0, 0.05) is 51.7 Å². The summed E-state index contributed by atoms with van der Waals surface area (Å²) in [5, 5.41) is 15.0. The van der Waals surface area contributed by atoms with E-state index in [1.165, 1.54) is 0 Å². The van der Waals surface area contributed by atoms with Gasteiger partial charge in [0.2, 0.25) is 0 Å². The van der Waals surface area contributed by atoms with Gasteiger partial charge in [-0.2, -0.15) is 0 Å². The van der Waals surface area contributed by atoms with Crippen LogP contribution in [0.15, 0.2) is 42.5 Å². The second kappa shape index (κ2) is 10.9. The quantitative estimate of drug-likeness (QED) is 0.273. The number of carbonyl (C=O) groups is 1. The lowest BCUT2D eigenvalue weighted by Crippen LogP contribution is -2.46. The number of methoxy groups -OCH3 is 1. The molecule has 0 aliphatic carbocycles. The smallest absolute Gasteiger partial charge is 0.338 e. The first-order chi connectivity index (χ1) is 16.5. The Labute approximate surface area is 198 Å². The Morgan fingerprint density at radius 2 is 1.94 bits per heavy atom. The minimum absolute atomic E-state index is 0.202. The highest BCUT2D eigenvalue weighted by Gasteiger charge is 2.19. The van der Waals surface area contributed by atoms with Crippen LogP contribution in [-0.4, -0.2) is 77.6 Å². The third kappa shape index (κ3) is 5.80. The summed E-state index contributed by atoms with van der Waals surface area (Å²) < 4.78 is 11.8. The summed E-state index contributed by atoms with van der Waals surface area (Å²) in [7, 11) is 3.42. The average Bonchev–Trinajstić information content (AvgIpc) is 3.25. The normalized spacial score (nSPS) is 14.2. The summed E-state index contributed by atoms with van der Waals surface area (Å²) in [6.45, 7) is 4.99. The number of tetrazole rings is 1. The van der Waals surface area contributed by atoms with Crippen molar-refractivity contribution >= 4 is 28.7 Å². The second-order valence-electron chi connectivity index (χ2n) is 8.09. The number of nitrogens with two attached hydrogens (primary N) is 1. The number of piperazine rings is 1. The van der Waals surface area contributed by atoms with E-state index in [0.29, 0.717) is 17.9 Å². The maximum Gasteiger partial charge on any atom is 0.338 e. The van der Waals surface area contributed by atoms with Gasteiger partial charge in [0.05, 0.1) is 30.1 Å². The molecule has 3 aromatic rings. The van der Waals surface area contributed by atoms with Crippen LogP contribution >= 0.6 is 0 Å². The number of anilines is 4. The van der Waals surface area contributed by atoms with E-state index in [1.54, 1.807) is 30.0 Å². The predicted octanol–water partition coefficient (Wildman–Crippen LogP) is 1.66. The fourth-order valence-electron chi connectivity index (χ4n) is 3.79. The molecule has 2 aromatic carbocycles. The standard InChI is InChI=1S/C23H30N8O3/c1-29-22(26-27-28-29)16-30-8-10-31(11-9-30)19-5-3-4-18(15-19)25-21-7-6-17(14-20(21)24)23(32)34-13-12-33-2/h3-7,14-15,25H,8-13,16,24H2,1-2H3. The van der Waals surface area contributed by atoms with Crippen molar-refractivity contribution in [1.29, 1.82) is 0 Å². The summed E-state index contributed by atoms with van der Waals surface area (Å²) in [6.07, 6.45) is 0. The number of hydrogen-bond acceptors (Lipinski definition) is 10. The molecular formula is C23H30N8O3. The van der Waals surface area contributed by atoms with E-state index < -0.39 is 5.97 Å². The minimum Gasteiger partial charge on any atom is -0.460 e. The van der Waals surface area contributed by atoms with E-state index in [0.717, 1.165) is 55.6 Å². The number of carbonyl (C=O) groups excluding carboxylic acids is 1. The van der Waals surface area contributed by atoms with Gasteiger partial charge in [-0.1, -0.05) is 6.07 Å². The molecule has 1 fully saturated rings. The maximum absolute atomic E-state index is 12.1. The van der Waals surface area contributed by atoms with Gasteiger partial charge in [-0.15, -0.1) is 5.10 Å². The molecule has 4 rings (SSSR count). The maximum atomic E-state index is 12.1. The molecule has 11 heteroatoms. The Kier molecular flexibility index (Phi) is 7.55. The van der Waals surface area contributed by atoms with E-state index in [2.05, 4.69) is 42.8 Å². The lowest BCUT2D eigenvalue weighted by molar-refractivity contribution is 0.0388. The molecule has 0 unspecified atom stereocenters. The summed E-state index contributed by atoms with van der Waals surface area (Å²) in [5.74, 6) is 0.443. The molecule has 0 spiro atoms. The van der Waals surface area contributed by atoms with Gasteiger partial charge < -0.3 is 25.4 Å². The zero-order valence-electron chi connectivity index (χ0n) is 19.5. The highest BCUT2D eigenvalue weighted by molar-refractivity contribution is 5.92. The van der Waals surface area contributed by atoms with Crippen molar-refractivity contribution in [2.24, 2.45) is 7.05 Å². The number of ether oxygens (including phenoxy) is 2. The second-order valence-corrected chi connectivity index (χ2v) is 8.09. The van der Waals surface area contributed by atoms with Crippen molar-refractivity contribution in [3.05, 3.63) is 53.9 Å². The molecule has 0 atom stereocenters. The molecule has 2 heterocycles. The van der Waals surface area contributed by atoms with Gasteiger partial charge >= 0.3 is 5.97 Å². The summed E-state index contributed by atoms with van der Waals surface area (Å²) in [6, 6.07) is 13.3. The van der Waals surface area contributed by atoms with Gasteiger partial charge in [-0.25, -0.2) is 9.48 Å². The summed E-state index contributed by atoms with van der Waals surface area (Å²) in [5.41, 5.74) is 9.87. The number of aryl methyl sites for hydroxylation is 1. The Morgan fingerprint density at radius 3 is 2.65 bits per heavy atom. The molecule has 1 aromatic heterocycles. The molecule has 1 aliphatic rings. The van der Waals surface area contributed by atoms with Crippen LogP contribution in [0.3, 0.4) is 0 Å². The van der Waals surface area contributed by atoms with E-state index in [4.69, 9.17) is 15.2 Å². The highest BCUT2D eigenvalue weighted by atomic mass is 16.6. The van der Waals surface area contributed by atoms with Crippen LogP contribution in [0.1, 0.15) is 16.2 Å². The van der Waals surface area contributed by atoms with E-state index in [1.807, 2.05) is 19.2 Å². The molecule has 0 amide bonds. The summed E-state index contributed by atoms with van der Waals surface area (Å²) in [4.78, 5) is 16.8. The van der Waals surface area contributed by atoms with E-state index >= 15 is 0 Å². The largest absolute Gasteiger partial charge is 0.460 e. The molecule has 0 radical (unpaired) electrons. The van der Waals surface area contributed by atoms with Crippen molar-refractivity contribution in [2.75, 3.05) is 62.5 Å². The number of hydrogen-bond donors (Lipinski definition) is 2. The number of nitrogen functional groups attached to an aromatic ring is 1.